The van der Waals surface area contributed by atoms with Crippen molar-refractivity contribution in [1.82, 2.24) is 10.1 Å². The number of anilines is 1. The average molecular weight is 279 g/mol. The van der Waals surface area contributed by atoms with Crippen LogP contribution in [0.25, 0.3) is 11.5 Å². The number of nitrogens with two attached hydrogens (primary N) is 1. The predicted octanol–water partition coefficient (Wildman–Crippen LogP) is 2.72. The van der Waals surface area contributed by atoms with E-state index in [1.807, 2.05) is 13.8 Å². The normalized spacial score (nSPS) is 19.2. The summed E-state index contributed by atoms with van der Waals surface area (Å²) >= 11 is 1.56. The van der Waals surface area contributed by atoms with Crippen LogP contribution < -0.4 is 5.73 Å². The number of ether oxygens (including phenoxy) is 1. The van der Waals surface area contributed by atoms with Crippen LogP contribution in [0.3, 0.4) is 0 Å². The summed E-state index contributed by atoms with van der Waals surface area (Å²) in [7, 11) is 0. The molecule has 0 aromatic carbocycles. The van der Waals surface area contributed by atoms with Crippen molar-refractivity contribution < 1.29 is 9.26 Å². The molecule has 1 atom stereocenters. The van der Waals surface area contributed by atoms with Crippen molar-refractivity contribution in [1.29, 1.82) is 0 Å². The van der Waals surface area contributed by atoms with E-state index in [2.05, 4.69) is 10.1 Å². The third-order valence-electron chi connectivity index (χ3n) is 3.53. The van der Waals surface area contributed by atoms with E-state index >= 15 is 0 Å². The number of nitrogen functional groups attached to an aromatic ring is 1. The highest BCUT2D eigenvalue weighted by Crippen LogP contribution is 2.37. The molecule has 2 aromatic rings. The van der Waals surface area contributed by atoms with Crippen LogP contribution >= 0.6 is 11.3 Å². The molecular weight excluding hydrogens is 262 g/mol. The highest BCUT2D eigenvalue weighted by Gasteiger charge is 2.22. The zero-order valence-corrected chi connectivity index (χ0v) is 11.9. The quantitative estimate of drug-likeness (QED) is 0.935. The molecule has 3 heterocycles. The van der Waals surface area contributed by atoms with Crippen LogP contribution in [0.1, 0.15) is 29.1 Å². The molecule has 0 radical (unpaired) electrons. The van der Waals surface area contributed by atoms with Crippen molar-refractivity contribution in [3.63, 3.8) is 0 Å². The summed E-state index contributed by atoms with van der Waals surface area (Å²) in [5, 5.41) is 4.77. The minimum absolute atomic E-state index is 0.230. The van der Waals surface area contributed by atoms with Gasteiger partial charge in [-0.25, -0.2) is 0 Å². The van der Waals surface area contributed by atoms with Crippen molar-refractivity contribution >= 4 is 16.3 Å². The van der Waals surface area contributed by atoms with Gasteiger partial charge in [0.15, 0.2) is 5.82 Å². The number of nitrogens with zero attached hydrogens (tertiary/aromatic N) is 2. The molecule has 0 saturated carbocycles. The summed E-state index contributed by atoms with van der Waals surface area (Å²) in [6.45, 7) is 4.91. The van der Waals surface area contributed by atoms with E-state index in [1.54, 1.807) is 11.3 Å². The lowest BCUT2D eigenvalue weighted by molar-refractivity contribution is 0.109. The standard InChI is InChI=1S/C13H17N3O2S/c1-7-8(2)19-12(14)11(7)13-15-10(16-18-13)6-9-4-3-5-17-9/h9H,3-6,14H2,1-2H3. The average Bonchev–Trinajstić information content (AvgIpc) is 3.05. The maximum Gasteiger partial charge on any atom is 0.261 e. The van der Waals surface area contributed by atoms with Gasteiger partial charge in [-0.05, 0) is 32.3 Å². The van der Waals surface area contributed by atoms with Crippen LogP contribution in [0, 0.1) is 13.8 Å². The lowest BCUT2D eigenvalue weighted by atomic mass is 10.1. The zero-order chi connectivity index (χ0) is 13.4. The highest BCUT2D eigenvalue weighted by atomic mass is 32.1. The molecule has 1 aliphatic rings. The van der Waals surface area contributed by atoms with E-state index in [0.29, 0.717) is 18.1 Å². The molecule has 1 aliphatic heterocycles. The second-order valence-corrected chi connectivity index (χ2v) is 6.13. The third-order valence-corrected chi connectivity index (χ3v) is 4.57. The van der Waals surface area contributed by atoms with Gasteiger partial charge in [-0.1, -0.05) is 5.16 Å². The Morgan fingerprint density at radius 1 is 1.42 bits per heavy atom. The van der Waals surface area contributed by atoms with E-state index in [0.717, 1.165) is 35.6 Å². The minimum atomic E-state index is 0.230. The third kappa shape index (κ3) is 2.37. The topological polar surface area (TPSA) is 74.2 Å². The first-order valence-electron chi connectivity index (χ1n) is 6.45. The van der Waals surface area contributed by atoms with E-state index < -0.39 is 0 Å². The van der Waals surface area contributed by atoms with E-state index in [4.69, 9.17) is 15.0 Å². The van der Waals surface area contributed by atoms with Crippen LogP contribution in [0.4, 0.5) is 5.00 Å². The Bertz CT molecular complexity index is 585. The molecule has 0 bridgehead atoms. The van der Waals surface area contributed by atoms with Crippen LogP contribution in [-0.4, -0.2) is 22.9 Å². The first-order chi connectivity index (χ1) is 9.15. The molecular formula is C13H17N3O2S. The largest absolute Gasteiger partial charge is 0.390 e. The molecule has 0 aliphatic carbocycles. The summed E-state index contributed by atoms with van der Waals surface area (Å²) in [6.07, 6.45) is 3.13. The Hall–Kier alpha value is -1.40. The van der Waals surface area contributed by atoms with Gasteiger partial charge in [0.25, 0.3) is 5.89 Å². The highest BCUT2D eigenvalue weighted by molar-refractivity contribution is 7.16. The molecule has 1 unspecified atom stereocenters. The van der Waals surface area contributed by atoms with Gasteiger partial charge in [-0.15, -0.1) is 11.3 Å². The number of aromatic nitrogens is 2. The molecule has 2 N–H and O–H groups in total. The minimum Gasteiger partial charge on any atom is -0.390 e. The lowest BCUT2D eigenvalue weighted by Crippen LogP contribution is -2.09. The van der Waals surface area contributed by atoms with Gasteiger partial charge < -0.3 is 15.0 Å². The second-order valence-electron chi connectivity index (χ2n) is 4.88. The summed E-state index contributed by atoms with van der Waals surface area (Å²) in [5.74, 6) is 1.22. The van der Waals surface area contributed by atoms with Crippen molar-refractivity contribution in [3.8, 4) is 11.5 Å². The van der Waals surface area contributed by atoms with Crippen LogP contribution in [0.15, 0.2) is 4.52 Å². The number of aryl methyl sites for hydroxylation is 1. The SMILES string of the molecule is Cc1sc(N)c(-c2nc(CC3CCCO3)no2)c1C. The molecule has 19 heavy (non-hydrogen) atoms. The van der Waals surface area contributed by atoms with Crippen LogP contribution in [0.2, 0.25) is 0 Å². The van der Waals surface area contributed by atoms with Crippen LogP contribution in [-0.2, 0) is 11.2 Å². The van der Waals surface area contributed by atoms with Gasteiger partial charge in [0.05, 0.1) is 16.7 Å². The fraction of sp³-hybridized carbons (Fsp3) is 0.538. The van der Waals surface area contributed by atoms with E-state index in [1.165, 1.54) is 4.88 Å². The van der Waals surface area contributed by atoms with Crippen molar-refractivity contribution in [2.24, 2.45) is 0 Å². The molecule has 6 heteroatoms. The van der Waals surface area contributed by atoms with Gasteiger partial charge >= 0.3 is 0 Å². The summed E-state index contributed by atoms with van der Waals surface area (Å²) in [6, 6.07) is 0. The van der Waals surface area contributed by atoms with E-state index in [9.17, 15) is 0 Å². The zero-order valence-electron chi connectivity index (χ0n) is 11.1. The van der Waals surface area contributed by atoms with Crippen LogP contribution in [0.5, 0.6) is 0 Å². The van der Waals surface area contributed by atoms with Gasteiger partial charge in [0.1, 0.15) is 0 Å². The Morgan fingerprint density at radius 2 is 2.26 bits per heavy atom. The monoisotopic (exact) mass is 279 g/mol. The summed E-state index contributed by atoms with van der Waals surface area (Å²) < 4.78 is 10.9. The first-order valence-corrected chi connectivity index (χ1v) is 7.27. The smallest absolute Gasteiger partial charge is 0.261 e. The molecule has 0 amide bonds. The van der Waals surface area contributed by atoms with E-state index in [-0.39, 0.29) is 6.10 Å². The number of hydrogen-bond donors (Lipinski definition) is 1. The lowest BCUT2D eigenvalue weighted by Gasteiger charge is -2.03. The summed E-state index contributed by atoms with van der Waals surface area (Å²) in [4.78, 5) is 5.63. The number of rotatable bonds is 3. The molecule has 2 aromatic heterocycles. The summed E-state index contributed by atoms with van der Waals surface area (Å²) in [5.41, 5.74) is 8.02. The molecule has 5 nitrogen and oxygen atoms in total. The molecule has 1 fully saturated rings. The molecule has 0 spiro atoms. The fourth-order valence-corrected chi connectivity index (χ4v) is 3.29. The molecule has 3 rings (SSSR count). The number of hydrogen-bond acceptors (Lipinski definition) is 6. The van der Waals surface area contributed by atoms with Gasteiger partial charge in [-0.3, -0.25) is 0 Å². The maximum atomic E-state index is 6.01. The Morgan fingerprint density at radius 3 is 2.89 bits per heavy atom. The molecule has 102 valence electrons. The van der Waals surface area contributed by atoms with Gasteiger partial charge in [0.2, 0.25) is 0 Å². The fourth-order valence-electron chi connectivity index (χ4n) is 2.37. The van der Waals surface area contributed by atoms with Crippen molar-refractivity contribution in [2.75, 3.05) is 12.3 Å². The van der Waals surface area contributed by atoms with Gasteiger partial charge in [-0.2, -0.15) is 4.98 Å². The predicted molar refractivity (Wildman–Crippen MR) is 74.2 cm³/mol. The Balaban J connectivity index is 1.84. The number of thiophene rings is 1. The first kappa shape index (κ1) is 12.6. The molecule has 1 saturated heterocycles. The van der Waals surface area contributed by atoms with Crippen molar-refractivity contribution in [2.45, 2.75) is 39.2 Å². The Kier molecular flexibility index (Phi) is 3.28. The van der Waals surface area contributed by atoms with Crippen molar-refractivity contribution in [3.05, 3.63) is 16.3 Å². The maximum absolute atomic E-state index is 6.01. The van der Waals surface area contributed by atoms with Gasteiger partial charge in [0, 0.05) is 17.9 Å². The second kappa shape index (κ2) is 4.94. The Labute approximate surface area is 115 Å².